The summed E-state index contributed by atoms with van der Waals surface area (Å²) in [6.07, 6.45) is 1.69. The van der Waals surface area contributed by atoms with Crippen molar-refractivity contribution in [2.24, 2.45) is 4.99 Å². The quantitative estimate of drug-likeness (QED) is 0.521. The third-order valence-corrected chi connectivity index (χ3v) is 6.21. The highest BCUT2D eigenvalue weighted by atomic mass is 32.2. The van der Waals surface area contributed by atoms with Crippen molar-refractivity contribution in [1.82, 2.24) is 5.32 Å². The average Bonchev–Trinajstić information content (AvgIpc) is 3.46. The number of carbonyl (C=O) groups is 2. The van der Waals surface area contributed by atoms with Gasteiger partial charge in [-0.2, -0.15) is 0 Å². The van der Waals surface area contributed by atoms with Gasteiger partial charge in [-0.1, -0.05) is 48.2 Å². The number of ether oxygens (including phenoxy) is 2. The molecule has 35 heavy (non-hydrogen) atoms. The number of aliphatic imine (C=N–C) groups is 1. The minimum atomic E-state index is -0.408. The summed E-state index contributed by atoms with van der Waals surface area (Å²) in [7, 11) is 0. The first-order valence-electron chi connectivity index (χ1n) is 10.8. The first-order valence-corrected chi connectivity index (χ1v) is 11.8. The van der Waals surface area contributed by atoms with E-state index in [0.29, 0.717) is 28.9 Å². The molecule has 3 aromatic carbocycles. The molecule has 176 valence electrons. The molecule has 1 N–H and O–H groups in total. The normalized spacial score (nSPS) is 15.5. The van der Waals surface area contributed by atoms with E-state index in [0.717, 1.165) is 22.9 Å². The summed E-state index contributed by atoms with van der Waals surface area (Å²) < 4.78 is 24.1. The van der Waals surface area contributed by atoms with Crippen molar-refractivity contribution in [3.63, 3.8) is 0 Å². The van der Waals surface area contributed by atoms with E-state index in [1.54, 1.807) is 12.1 Å². The van der Waals surface area contributed by atoms with Crippen LogP contribution in [0.1, 0.15) is 11.1 Å². The SMILES string of the molecule is O=C(CSC1=NC(=Cc2ccccc2)C(=O)N1c1ccc(F)cc1)NCc1ccc2c(c1)OCO2. The molecule has 0 saturated carbocycles. The van der Waals surface area contributed by atoms with Crippen molar-refractivity contribution in [2.45, 2.75) is 6.54 Å². The maximum Gasteiger partial charge on any atom is 0.283 e. The fraction of sp³-hybridized carbons (Fsp3) is 0.115. The van der Waals surface area contributed by atoms with Crippen molar-refractivity contribution in [2.75, 3.05) is 17.4 Å². The Morgan fingerprint density at radius 3 is 2.63 bits per heavy atom. The van der Waals surface area contributed by atoms with Gasteiger partial charge in [0.25, 0.3) is 5.91 Å². The number of hydrogen-bond acceptors (Lipinski definition) is 6. The lowest BCUT2D eigenvalue weighted by molar-refractivity contribution is -0.118. The van der Waals surface area contributed by atoms with Crippen LogP contribution in [0.4, 0.5) is 10.1 Å². The van der Waals surface area contributed by atoms with E-state index in [-0.39, 0.29) is 30.1 Å². The first kappa shape index (κ1) is 22.7. The predicted octanol–water partition coefficient (Wildman–Crippen LogP) is 4.35. The number of amidine groups is 1. The van der Waals surface area contributed by atoms with Crippen molar-refractivity contribution in [3.05, 3.63) is 95.4 Å². The number of nitrogens with zero attached hydrogens (tertiary/aromatic N) is 2. The van der Waals surface area contributed by atoms with Crippen LogP contribution in [0.15, 0.2) is 83.5 Å². The van der Waals surface area contributed by atoms with Gasteiger partial charge in [-0.05, 0) is 53.6 Å². The van der Waals surface area contributed by atoms with Gasteiger partial charge in [0.15, 0.2) is 16.7 Å². The smallest absolute Gasteiger partial charge is 0.283 e. The Morgan fingerprint density at radius 2 is 1.83 bits per heavy atom. The van der Waals surface area contributed by atoms with E-state index < -0.39 is 5.82 Å². The highest BCUT2D eigenvalue weighted by Crippen LogP contribution is 2.32. The Bertz CT molecular complexity index is 1330. The molecule has 0 fully saturated rings. The molecule has 0 saturated heterocycles. The summed E-state index contributed by atoms with van der Waals surface area (Å²) in [4.78, 5) is 31.6. The van der Waals surface area contributed by atoms with Crippen LogP contribution < -0.4 is 19.7 Å². The molecule has 2 heterocycles. The van der Waals surface area contributed by atoms with Gasteiger partial charge in [0.05, 0.1) is 11.4 Å². The third-order valence-electron chi connectivity index (χ3n) is 5.28. The van der Waals surface area contributed by atoms with Crippen LogP contribution in [0.25, 0.3) is 6.08 Å². The van der Waals surface area contributed by atoms with Crippen molar-refractivity contribution in [1.29, 1.82) is 0 Å². The monoisotopic (exact) mass is 489 g/mol. The largest absolute Gasteiger partial charge is 0.454 e. The summed E-state index contributed by atoms with van der Waals surface area (Å²) in [6.45, 7) is 0.510. The van der Waals surface area contributed by atoms with Crippen LogP contribution in [0.2, 0.25) is 0 Å². The van der Waals surface area contributed by atoms with Crippen LogP contribution in [-0.2, 0) is 16.1 Å². The van der Waals surface area contributed by atoms with Crippen LogP contribution in [0.3, 0.4) is 0 Å². The second kappa shape index (κ2) is 10.0. The summed E-state index contributed by atoms with van der Waals surface area (Å²) in [5.74, 6) is 0.408. The van der Waals surface area contributed by atoms with Crippen LogP contribution in [-0.4, -0.2) is 29.5 Å². The molecule has 2 aliphatic heterocycles. The lowest BCUT2D eigenvalue weighted by Crippen LogP contribution is -2.32. The van der Waals surface area contributed by atoms with Gasteiger partial charge in [0.1, 0.15) is 11.5 Å². The van der Waals surface area contributed by atoms with Crippen LogP contribution in [0.5, 0.6) is 11.5 Å². The number of amides is 2. The standard InChI is InChI=1S/C26H20FN3O4S/c27-19-7-9-20(10-8-19)30-25(32)21(12-17-4-2-1-3-5-17)29-26(30)35-15-24(31)28-14-18-6-11-22-23(13-18)34-16-33-22/h1-13H,14-16H2,(H,28,31). The molecular formula is C26H20FN3O4S. The van der Waals surface area contributed by atoms with Gasteiger partial charge in [-0.25, -0.2) is 9.38 Å². The molecule has 0 bridgehead atoms. The third kappa shape index (κ3) is 5.20. The summed E-state index contributed by atoms with van der Waals surface area (Å²) in [6, 6.07) is 20.4. The highest BCUT2D eigenvalue weighted by Gasteiger charge is 2.32. The van der Waals surface area contributed by atoms with Gasteiger partial charge in [-0.15, -0.1) is 0 Å². The molecule has 0 radical (unpaired) electrons. The molecule has 0 aliphatic carbocycles. The molecule has 9 heteroatoms. The summed E-state index contributed by atoms with van der Waals surface area (Å²) in [5, 5.41) is 3.21. The van der Waals surface area contributed by atoms with E-state index in [1.807, 2.05) is 42.5 Å². The Kier molecular flexibility index (Phi) is 6.49. The van der Waals surface area contributed by atoms with Crippen LogP contribution >= 0.6 is 11.8 Å². The van der Waals surface area contributed by atoms with Gasteiger partial charge in [-0.3, -0.25) is 14.5 Å². The molecule has 0 unspecified atom stereocenters. The fourth-order valence-corrected chi connectivity index (χ4v) is 4.39. The summed E-state index contributed by atoms with van der Waals surface area (Å²) in [5.41, 5.74) is 2.41. The molecule has 0 atom stereocenters. The zero-order chi connectivity index (χ0) is 24.2. The minimum Gasteiger partial charge on any atom is -0.454 e. The number of benzene rings is 3. The number of nitrogens with one attached hydrogen (secondary N) is 1. The van der Waals surface area contributed by atoms with E-state index in [9.17, 15) is 14.0 Å². The van der Waals surface area contributed by atoms with Crippen LogP contribution in [0, 0.1) is 5.82 Å². The summed E-state index contributed by atoms with van der Waals surface area (Å²) >= 11 is 1.14. The topological polar surface area (TPSA) is 80.2 Å². The van der Waals surface area contributed by atoms with E-state index in [2.05, 4.69) is 10.3 Å². The number of carbonyl (C=O) groups excluding carboxylic acids is 2. The van der Waals surface area contributed by atoms with E-state index in [4.69, 9.17) is 9.47 Å². The molecule has 0 spiro atoms. The molecule has 0 aromatic heterocycles. The Morgan fingerprint density at radius 1 is 1.06 bits per heavy atom. The number of rotatable bonds is 6. The maximum absolute atomic E-state index is 13.5. The van der Waals surface area contributed by atoms with Gasteiger partial charge in [0, 0.05) is 6.54 Å². The fourth-order valence-electron chi connectivity index (χ4n) is 3.55. The molecule has 3 aromatic rings. The molecule has 5 rings (SSSR count). The molecule has 2 amide bonds. The number of anilines is 1. The number of thioether (sulfide) groups is 1. The average molecular weight is 490 g/mol. The number of fused-ring (bicyclic) bond motifs is 1. The first-order chi connectivity index (χ1) is 17.1. The lowest BCUT2D eigenvalue weighted by atomic mass is 10.2. The lowest BCUT2D eigenvalue weighted by Gasteiger charge is -2.17. The molecular weight excluding hydrogens is 469 g/mol. The van der Waals surface area contributed by atoms with E-state index >= 15 is 0 Å². The zero-order valence-corrected chi connectivity index (χ0v) is 19.3. The van der Waals surface area contributed by atoms with Gasteiger partial charge in [0.2, 0.25) is 12.7 Å². The number of halogens is 1. The van der Waals surface area contributed by atoms with Gasteiger partial charge >= 0.3 is 0 Å². The van der Waals surface area contributed by atoms with Crippen molar-refractivity contribution < 1.29 is 23.5 Å². The zero-order valence-electron chi connectivity index (χ0n) is 18.4. The number of hydrogen-bond donors (Lipinski definition) is 1. The Labute approximate surface area is 205 Å². The van der Waals surface area contributed by atoms with E-state index in [1.165, 1.54) is 29.2 Å². The maximum atomic E-state index is 13.5. The van der Waals surface area contributed by atoms with Gasteiger partial charge < -0.3 is 14.8 Å². The Balaban J connectivity index is 1.29. The highest BCUT2D eigenvalue weighted by molar-refractivity contribution is 8.14. The minimum absolute atomic E-state index is 0.0486. The van der Waals surface area contributed by atoms with Crippen molar-refractivity contribution in [3.8, 4) is 11.5 Å². The Hall–Kier alpha value is -4.11. The van der Waals surface area contributed by atoms with Crippen molar-refractivity contribution >= 4 is 40.5 Å². The molecule has 7 nitrogen and oxygen atoms in total. The second-order valence-electron chi connectivity index (χ2n) is 7.70. The molecule has 2 aliphatic rings. The predicted molar refractivity (Wildman–Crippen MR) is 133 cm³/mol. The second-order valence-corrected chi connectivity index (χ2v) is 8.65.